The molecule has 0 fully saturated rings. The Hall–Kier alpha value is -2.08. The van der Waals surface area contributed by atoms with Crippen LogP contribution in [0.25, 0.3) is 0 Å². The molecule has 0 aliphatic heterocycles. The number of benzene rings is 1. The molecule has 1 rings (SSSR count). The van der Waals surface area contributed by atoms with Gasteiger partial charge in [0.2, 0.25) is 0 Å². The number of aryl methyl sites for hydroxylation is 1. The summed E-state index contributed by atoms with van der Waals surface area (Å²) < 4.78 is 0. The number of carbonyl (C=O) groups excluding carboxylic acids is 1. The number of aliphatic carboxylic acids is 1. The zero-order chi connectivity index (χ0) is 16.0. The number of rotatable bonds is 6. The van der Waals surface area contributed by atoms with Gasteiger partial charge >= 0.3 is 12.0 Å². The molecule has 0 saturated carbocycles. The van der Waals surface area contributed by atoms with Crippen molar-refractivity contribution in [3.63, 3.8) is 0 Å². The van der Waals surface area contributed by atoms with Crippen LogP contribution in [0.4, 0.5) is 4.79 Å². The molecular formula is C15H22N2O4. The van der Waals surface area contributed by atoms with E-state index in [9.17, 15) is 14.7 Å². The molecule has 6 nitrogen and oxygen atoms in total. The minimum Gasteiger partial charge on any atom is -0.481 e. The number of carbonyl (C=O) groups is 2. The number of amides is 2. The predicted octanol–water partition coefficient (Wildman–Crippen LogP) is 1.36. The van der Waals surface area contributed by atoms with Crippen LogP contribution in [-0.4, -0.2) is 46.3 Å². The van der Waals surface area contributed by atoms with E-state index in [2.05, 4.69) is 5.32 Å². The minimum absolute atomic E-state index is 0.115. The van der Waals surface area contributed by atoms with Crippen molar-refractivity contribution in [3.8, 4) is 0 Å². The van der Waals surface area contributed by atoms with Gasteiger partial charge < -0.3 is 20.4 Å². The van der Waals surface area contributed by atoms with Crippen molar-refractivity contribution in [1.82, 2.24) is 10.2 Å². The van der Waals surface area contributed by atoms with Crippen LogP contribution in [0.1, 0.15) is 24.5 Å². The molecule has 0 aliphatic rings. The van der Waals surface area contributed by atoms with Crippen LogP contribution >= 0.6 is 0 Å². The van der Waals surface area contributed by atoms with E-state index >= 15 is 0 Å². The summed E-state index contributed by atoms with van der Waals surface area (Å²) in [4.78, 5) is 24.0. The number of nitrogens with zero attached hydrogens (tertiary/aromatic N) is 1. The van der Waals surface area contributed by atoms with Crippen LogP contribution in [0, 0.1) is 6.92 Å². The first-order valence-corrected chi connectivity index (χ1v) is 6.68. The lowest BCUT2D eigenvalue weighted by Gasteiger charge is -2.24. The van der Waals surface area contributed by atoms with Gasteiger partial charge in [-0.15, -0.1) is 0 Å². The van der Waals surface area contributed by atoms with Gasteiger partial charge in [0.1, 0.15) is 0 Å². The monoisotopic (exact) mass is 294 g/mol. The van der Waals surface area contributed by atoms with Crippen molar-refractivity contribution in [2.24, 2.45) is 0 Å². The maximum Gasteiger partial charge on any atom is 0.317 e. The lowest BCUT2D eigenvalue weighted by Crippen LogP contribution is -2.46. The van der Waals surface area contributed by atoms with E-state index in [4.69, 9.17) is 5.11 Å². The molecule has 116 valence electrons. The molecule has 0 aromatic heterocycles. The number of carboxylic acids is 1. The highest BCUT2D eigenvalue weighted by atomic mass is 16.4. The highest BCUT2D eigenvalue weighted by molar-refractivity contribution is 5.74. The quantitative estimate of drug-likeness (QED) is 0.739. The van der Waals surface area contributed by atoms with Gasteiger partial charge in [0.15, 0.2) is 0 Å². The molecule has 1 aromatic carbocycles. The van der Waals surface area contributed by atoms with Crippen molar-refractivity contribution in [3.05, 3.63) is 35.4 Å². The van der Waals surface area contributed by atoms with Gasteiger partial charge in [-0.05, 0) is 19.4 Å². The fourth-order valence-electron chi connectivity index (χ4n) is 1.95. The van der Waals surface area contributed by atoms with Gasteiger partial charge in [0.25, 0.3) is 0 Å². The highest BCUT2D eigenvalue weighted by Gasteiger charge is 2.25. The number of urea groups is 1. The van der Waals surface area contributed by atoms with E-state index in [0.717, 1.165) is 11.1 Å². The summed E-state index contributed by atoms with van der Waals surface area (Å²) in [6, 6.07) is 7.46. The zero-order valence-electron chi connectivity index (χ0n) is 12.6. The topological polar surface area (TPSA) is 89.9 Å². The Morgan fingerprint density at radius 2 is 2.05 bits per heavy atom. The molecule has 0 aliphatic carbocycles. The van der Waals surface area contributed by atoms with Crippen LogP contribution in [0.2, 0.25) is 0 Å². The molecule has 0 radical (unpaired) electrons. The van der Waals surface area contributed by atoms with Crippen molar-refractivity contribution in [2.45, 2.75) is 32.4 Å². The summed E-state index contributed by atoms with van der Waals surface area (Å²) in [7, 11) is 1.64. The van der Waals surface area contributed by atoms with Crippen molar-refractivity contribution in [2.75, 3.05) is 13.6 Å². The first-order valence-electron chi connectivity index (χ1n) is 6.68. The van der Waals surface area contributed by atoms with Crippen LogP contribution in [-0.2, 0) is 11.3 Å². The largest absolute Gasteiger partial charge is 0.481 e. The van der Waals surface area contributed by atoms with Crippen LogP contribution < -0.4 is 5.32 Å². The van der Waals surface area contributed by atoms with Crippen molar-refractivity contribution < 1.29 is 19.8 Å². The SMILES string of the molecule is Cc1cccc(CN(C)C(=O)NCC(C)(O)CC(=O)O)c1. The summed E-state index contributed by atoms with van der Waals surface area (Å²) >= 11 is 0. The van der Waals surface area contributed by atoms with Crippen LogP contribution in [0.3, 0.4) is 0 Å². The number of aliphatic hydroxyl groups is 1. The molecule has 1 atom stereocenters. The maximum atomic E-state index is 11.9. The second-order valence-electron chi connectivity index (χ2n) is 5.57. The van der Waals surface area contributed by atoms with Gasteiger partial charge in [0, 0.05) is 20.1 Å². The van der Waals surface area contributed by atoms with E-state index in [-0.39, 0.29) is 12.6 Å². The fraction of sp³-hybridized carbons (Fsp3) is 0.467. The van der Waals surface area contributed by atoms with Gasteiger partial charge in [-0.25, -0.2) is 4.79 Å². The van der Waals surface area contributed by atoms with E-state index in [0.29, 0.717) is 6.54 Å². The number of hydrogen-bond acceptors (Lipinski definition) is 3. The molecule has 2 amide bonds. The third kappa shape index (κ3) is 6.27. The molecule has 0 saturated heterocycles. The number of hydrogen-bond donors (Lipinski definition) is 3. The van der Waals surface area contributed by atoms with E-state index < -0.39 is 18.0 Å². The molecular weight excluding hydrogens is 272 g/mol. The van der Waals surface area contributed by atoms with Crippen molar-refractivity contribution >= 4 is 12.0 Å². The van der Waals surface area contributed by atoms with Gasteiger partial charge in [-0.1, -0.05) is 29.8 Å². The Morgan fingerprint density at radius 3 is 2.62 bits per heavy atom. The Bertz CT molecular complexity index is 514. The molecule has 1 unspecified atom stereocenters. The van der Waals surface area contributed by atoms with Crippen molar-refractivity contribution in [1.29, 1.82) is 0 Å². The van der Waals surface area contributed by atoms with E-state index in [1.165, 1.54) is 11.8 Å². The minimum atomic E-state index is -1.47. The summed E-state index contributed by atoms with van der Waals surface area (Å²) in [6.07, 6.45) is -0.422. The second-order valence-corrected chi connectivity index (χ2v) is 5.57. The van der Waals surface area contributed by atoms with Gasteiger partial charge in [0.05, 0.1) is 12.0 Å². The maximum absolute atomic E-state index is 11.9. The summed E-state index contributed by atoms with van der Waals surface area (Å²) in [5.41, 5.74) is 0.654. The van der Waals surface area contributed by atoms with E-state index in [1.807, 2.05) is 31.2 Å². The smallest absolute Gasteiger partial charge is 0.317 e. The summed E-state index contributed by atoms with van der Waals surface area (Å²) in [6.45, 7) is 3.68. The normalized spacial score (nSPS) is 13.3. The van der Waals surface area contributed by atoms with Gasteiger partial charge in [-0.2, -0.15) is 0 Å². The van der Waals surface area contributed by atoms with E-state index in [1.54, 1.807) is 7.05 Å². The first kappa shape index (κ1) is 17.0. The predicted molar refractivity (Wildman–Crippen MR) is 78.9 cm³/mol. The molecule has 3 N–H and O–H groups in total. The molecule has 0 bridgehead atoms. The summed E-state index contributed by atoms with van der Waals surface area (Å²) in [5.74, 6) is -1.11. The molecule has 21 heavy (non-hydrogen) atoms. The Balaban J connectivity index is 2.50. The Kier molecular flexibility index (Phi) is 5.72. The zero-order valence-corrected chi connectivity index (χ0v) is 12.6. The summed E-state index contributed by atoms with van der Waals surface area (Å²) in [5, 5.41) is 21.0. The lowest BCUT2D eigenvalue weighted by molar-refractivity contribution is -0.141. The Labute approximate surface area is 124 Å². The average molecular weight is 294 g/mol. The van der Waals surface area contributed by atoms with Gasteiger partial charge in [-0.3, -0.25) is 4.79 Å². The number of nitrogens with one attached hydrogen (secondary N) is 1. The Morgan fingerprint density at radius 1 is 1.38 bits per heavy atom. The van der Waals surface area contributed by atoms with Crippen LogP contribution in [0.15, 0.2) is 24.3 Å². The lowest BCUT2D eigenvalue weighted by atomic mass is 10.0. The average Bonchev–Trinajstić information content (AvgIpc) is 2.34. The van der Waals surface area contributed by atoms with Crippen LogP contribution in [0.5, 0.6) is 0 Å². The molecule has 0 spiro atoms. The number of carboxylic acid groups (broad SMARTS) is 1. The first-order chi connectivity index (χ1) is 9.69. The highest BCUT2D eigenvalue weighted by Crippen LogP contribution is 2.09. The standard InChI is InChI=1S/C15H22N2O4/c1-11-5-4-6-12(7-11)9-17(3)14(20)16-10-15(2,21)8-13(18)19/h4-7,21H,8-10H2,1-3H3,(H,16,20)(H,18,19). The fourth-order valence-corrected chi connectivity index (χ4v) is 1.95. The molecule has 1 aromatic rings. The molecule has 0 heterocycles. The third-order valence-corrected chi connectivity index (χ3v) is 3.00. The molecule has 6 heteroatoms. The second kappa shape index (κ2) is 7.08. The third-order valence-electron chi connectivity index (χ3n) is 3.00.